The van der Waals surface area contributed by atoms with Crippen molar-refractivity contribution in [2.45, 2.75) is 32.6 Å². The average molecular weight is 295 g/mol. The first-order valence-corrected chi connectivity index (χ1v) is 7.08. The van der Waals surface area contributed by atoms with Gasteiger partial charge >= 0.3 is 11.9 Å². The number of carbonyl (C=O) groups is 2. The van der Waals surface area contributed by atoms with Crippen LogP contribution in [-0.2, 0) is 9.59 Å². The summed E-state index contributed by atoms with van der Waals surface area (Å²) in [6, 6.07) is 10.8. The van der Waals surface area contributed by atoms with Crippen molar-refractivity contribution < 1.29 is 19.8 Å². The second-order valence-corrected chi connectivity index (χ2v) is 5.04. The topological polar surface area (TPSA) is 77.8 Å². The predicted molar refractivity (Wildman–Crippen MR) is 82.5 cm³/mol. The first-order valence-electron chi connectivity index (χ1n) is 7.08. The van der Waals surface area contributed by atoms with Gasteiger partial charge in [-0.15, -0.1) is 0 Å². The molecule has 0 amide bonds. The van der Waals surface area contributed by atoms with E-state index in [-0.39, 0.29) is 0 Å². The van der Waals surface area contributed by atoms with Crippen LogP contribution in [0.15, 0.2) is 30.3 Å². The third kappa shape index (κ3) is 9.62. The highest BCUT2D eigenvalue weighted by Crippen LogP contribution is 2.15. The highest BCUT2D eigenvalue weighted by molar-refractivity contribution is 6.27. The maximum atomic E-state index is 9.10. The van der Waals surface area contributed by atoms with E-state index in [9.17, 15) is 0 Å². The molecular weight excluding hydrogens is 270 g/mol. The number of benzene rings is 1. The molecule has 5 heteroatoms. The molecule has 0 aliphatic carbocycles. The number of likely N-dealkylation sites (N-methyl/N-ethyl adjacent to an activating group) is 1. The van der Waals surface area contributed by atoms with Crippen LogP contribution in [0.4, 0.5) is 0 Å². The first-order chi connectivity index (χ1) is 9.88. The largest absolute Gasteiger partial charge is 0.473 e. The zero-order valence-electron chi connectivity index (χ0n) is 13.0. The van der Waals surface area contributed by atoms with E-state index in [0.717, 1.165) is 6.54 Å². The highest BCUT2D eigenvalue weighted by atomic mass is 16.4. The third-order valence-electron chi connectivity index (χ3n) is 3.03. The van der Waals surface area contributed by atoms with Gasteiger partial charge in [-0.3, -0.25) is 0 Å². The Kier molecular flexibility index (Phi) is 9.88. The Balaban J connectivity index is 0.000000567. The van der Waals surface area contributed by atoms with Gasteiger partial charge in [-0.25, -0.2) is 9.59 Å². The zero-order valence-corrected chi connectivity index (χ0v) is 13.0. The average Bonchev–Trinajstić information content (AvgIpc) is 2.46. The molecule has 2 N–H and O–H groups in total. The van der Waals surface area contributed by atoms with Gasteiger partial charge in [-0.1, -0.05) is 50.6 Å². The molecule has 0 spiro atoms. The molecule has 5 nitrogen and oxygen atoms in total. The molecule has 21 heavy (non-hydrogen) atoms. The molecular formula is C16H25NO4. The summed E-state index contributed by atoms with van der Waals surface area (Å²) in [5, 5.41) is 14.8. The molecule has 0 aliphatic heterocycles. The molecule has 0 aliphatic rings. The third-order valence-corrected chi connectivity index (χ3v) is 3.03. The van der Waals surface area contributed by atoms with Crippen LogP contribution in [0.5, 0.6) is 0 Å². The fourth-order valence-corrected chi connectivity index (χ4v) is 1.87. The van der Waals surface area contributed by atoms with Crippen LogP contribution in [0.25, 0.3) is 0 Å². The standard InChI is InChI=1S/C14H23N.C2H2O4/c1-4-5-11-15(3)12-13(2)14-9-7-6-8-10-14;3-1(4)2(5)6/h6-10,13H,4-5,11-12H2,1-3H3;(H,3,4)(H,5,6). The number of hydrogen-bond donors (Lipinski definition) is 2. The number of rotatable bonds is 6. The molecule has 0 saturated carbocycles. The minimum Gasteiger partial charge on any atom is -0.473 e. The lowest BCUT2D eigenvalue weighted by Gasteiger charge is -2.21. The van der Waals surface area contributed by atoms with E-state index in [0.29, 0.717) is 5.92 Å². The van der Waals surface area contributed by atoms with Crippen molar-refractivity contribution in [2.75, 3.05) is 20.1 Å². The van der Waals surface area contributed by atoms with Crippen molar-refractivity contribution in [1.82, 2.24) is 4.90 Å². The summed E-state index contributed by atoms with van der Waals surface area (Å²) in [6.45, 7) is 6.92. The Bertz CT molecular complexity index is 408. The van der Waals surface area contributed by atoms with Crippen molar-refractivity contribution in [3.05, 3.63) is 35.9 Å². The minimum absolute atomic E-state index is 0.632. The summed E-state index contributed by atoms with van der Waals surface area (Å²) in [5.74, 6) is -3.02. The van der Waals surface area contributed by atoms with Gasteiger partial charge in [0.1, 0.15) is 0 Å². The van der Waals surface area contributed by atoms with Gasteiger partial charge in [-0.2, -0.15) is 0 Å². The Morgan fingerprint density at radius 1 is 1.14 bits per heavy atom. The van der Waals surface area contributed by atoms with Gasteiger partial charge in [0.2, 0.25) is 0 Å². The smallest absolute Gasteiger partial charge is 0.414 e. The van der Waals surface area contributed by atoms with Crippen LogP contribution >= 0.6 is 0 Å². The highest BCUT2D eigenvalue weighted by Gasteiger charge is 2.07. The molecule has 0 radical (unpaired) electrons. The molecule has 1 aromatic carbocycles. The van der Waals surface area contributed by atoms with Crippen LogP contribution in [0.1, 0.15) is 38.2 Å². The second kappa shape index (κ2) is 10.9. The van der Waals surface area contributed by atoms with Gasteiger partial charge in [0.25, 0.3) is 0 Å². The lowest BCUT2D eigenvalue weighted by molar-refractivity contribution is -0.159. The monoisotopic (exact) mass is 295 g/mol. The van der Waals surface area contributed by atoms with E-state index in [2.05, 4.69) is 56.1 Å². The number of carboxylic acid groups (broad SMARTS) is 2. The molecule has 0 fully saturated rings. The molecule has 1 atom stereocenters. The summed E-state index contributed by atoms with van der Waals surface area (Å²) < 4.78 is 0. The number of unbranched alkanes of at least 4 members (excludes halogenated alkanes) is 1. The normalized spacial score (nSPS) is 11.4. The van der Waals surface area contributed by atoms with Gasteiger partial charge in [0.05, 0.1) is 0 Å². The SMILES string of the molecule is CCCCN(C)CC(C)c1ccccc1.O=C(O)C(=O)O. The van der Waals surface area contributed by atoms with Crippen LogP contribution in [-0.4, -0.2) is 47.2 Å². The quantitative estimate of drug-likeness (QED) is 0.789. The number of aliphatic carboxylic acids is 2. The Morgan fingerprint density at radius 3 is 2.10 bits per heavy atom. The van der Waals surface area contributed by atoms with E-state index in [1.54, 1.807) is 0 Å². The number of nitrogens with zero attached hydrogens (tertiary/aromatic N) is 1. The Morgan fingerprint density at radius 2 is 1.67 bits per heavy atom. The van der Waals surface area contributed by atoms with Crippen molar-refractivity contribution in [2.24, 2.45) is 0 Å². The van der Waals surface area contributed by atoms with Gasteiger partial charge in [-0.05, 0) is 31.5 Å². The fraction of sp³-hybridized carbons (Fsp3) is 0.500. The van der Waals surface area contributed by atoms with Crippen LogP contribution in [0.2, 0.25) is 0 Å². The summed E-state index contributed by atoms with van der Waals surface area (Å²) in [4.78, 5) is 20.6. The molecule has 0 saturated heterocycles. The zero-order chi connectivity index (χ0) is 16.3. The van der Waals surface area contributed by atoms with Crippen molar-refractivity contribution >= 4 is 11.9 Å². The van der Waals surface area contributed by atoms with E-state index in [1.807, 2.05) is 0 Å². The molecule has 1 unspecified atom stereocenters. The molecule has 1 rings (SSSR count). The van der Waals surface area contributed by atoms with Gasteiger partial charge in [0, 0.05) is 6.54 Å². The summed E-state index contributed by atoms with van der Waals surface area (Å²) in [5.41, 5.74) is 1.45. The van der Waals surface area contributed by atoms with E-state index < -0.39 is 11.9 Å². The molecule has 0 bridgehead atoms. The van der Waals surface area contributed by atoms with E-state index in [4.69, 9.17) is 19.8 Å². The maximum Gasteiger partial charge on any atom is 0.414 e. The van der Waals surface area contributed by atoms with E-state index in [1.165, 1.54) is 24.9 Å². The maximum absolute atomic E-state index is 9.10. The lowest BCUT2D eigenvalue weighted by atomic mass is 10.0. The van der Waals surface area contributed by atoms with E-state index >= 15 is 0 Å². The Labute approximate surface area is 126 Å². The summed E-state index contributed by atoms with van der Waals surface area (Å²) >= 11 is 0. The molecule has 0 aromatic heterocycles. The van der Waals surface area contributed by atoms with Crippen molar-refractivity contribution in [3.63, 3.8) is 0 Å². The predicted octanol–water partition coefficient (Wildman–Crippen LogP) is 2.68. The summed E-state index contributed by atoms with van der Waals surface area (Å²) in [7, 11) is 2.22. The van der Waals surface area contributed by atoms with Crippen LogP contribution < -0.4 is 0 Å². The summed E-state index contributed by atoms with van der Waals surface area (Å²) in [6.07, 6.45) is 2.59. The van der Waals surface area contributed by atoms with Gasteiger partial charge < -0.3 is 15.1 Å². The number of carboxylic acids is 2. The molecule has 0 heterocycles. The lowest BCUT2D eigenvalue weighted by Crippen LogP contribution is -2.24. The van der Waals surface area contributed by atoms with Crippen molar-refractivity contribution in [3.8, 4) is 0 Å². The Hall–Kier alpha value is -1.88. The minimum atomic E-state index is -1.82. The second-order valence-electron chi connectivity index (χ2n) is 5.04. The fourth-order valence-electron chi connectivity index (χ4n) is 1.87. The van der Waals surface area contributed by atoms with Crippen molar-refractivity contribution in [1.29, 1.82) is 0 Å². The molecule has 1 aromatic rings. The molecule has 118 valence electrons. The first kappa shape index (κ1) is 19.1. The van der Waals surface area contributed by atoms with Crippen LogP contribution in [0, 0.1) is 0 Å². The number of hydrogen-bond acceptors (Lipinski definition) is 3. The van der Waals surface area contributed by atoms with Gasteiger partial charge in [0.15, 0.2) is 0 Å². The van der Waals surface area contributed by atoms with Crippen LogP contribution in [0.3, 0.4) is 0 Å².